The second-order valence-electron chi connectivity index (χ2n) is 11.3. The van der Waals surface area contributed by atoms with Crippen LogP contribution in [0.5, 0.6) is 5.75 Å². The second kappa shape index (κ2) is 25.7. The number of amidine groups is 2. The number of aromatic hydroxyl groups is 1. The molecule has 0 amide bonds. The lowest BCUT2D eigenvalue weighted by atomic mass is 10.2. The summed E-state index contributed by atoms with van der Waals surface area (Å²) < 4.78 is 85.5. The highest BCUT2D eigenvalue weighted by Crippen LogP contribution is 2.35. The number of halogens is 2. The van der Waals surface area contributed by atoms with Crippen LogP contribution >= 0.6 is 48.5 Å². The Morgan fingerprint density at radius 1 is 0.632 bits per heavy atom. The van der Waals surface area contributed by atoms with Crippen molar-refractivity contribution in [1.29, 1.82) is 0 Å². The van der Waals surface area contributed by atoms with Gasteiger partial charge in [-0.25, -0.2) is 8.42 Å². The van der Waals surface area contributed by atoms with E-state index < -0.39 is 30.3 Å². The molecular weight excluding hydrogens is 882 g/mol. The lowest BCUT2D eigenvalue weighted by Gasteiger charge is -2.09. The molecule has 4 aromatic carbocycles. The molecule has 0 bridgehead atoms. The van der Waals surface area contributed by atoms with Crippen molar-refractivity contribution in [1.82, 2.24) is 10.6 Å². The minimum atomic E-state index is -4.02. The molecular formula is C34H45Cl2N7O9S5. The van der Waals surface area contributed by atoms with Gasteiger partial charge in [0, 0.05) is 26.2 Å². The van der Waals surface area contributed by atoms with Crippen LogP contribution in [0.2, 0.25) is 10.0 Å². The average molecular weight is 927 g/mol. The number of nitrogens with two attached hydrogens (primary N) is 2. The number of rotatable bonds is 14. The zero-order valence-corrected chi connectivity index (χ0v) is 36.4. The molecule has 0 heterocycles. The van der Waals surface area contributed by atoms with E-state index >= 15 is 0 Å². The molecule has 0 aromatic heterocycles. The maximum absolute atomic E-state index is 12.0. The summed E-state index contributed by atoms with van der Waals surface area (Å²) in [6, 6.07) is 22.4. The number of sulfonamides is 1. The molecule has 4 aromatic rings. The lowest BCUT2D eigenvalue weighted by Crippen LogP contribution is -2.30. The predicted molar refractivity (Wildman–Crippen MR) is 234 cm³/mol. The number of benzene rings is 4. The molecule has 16 nitrogen and oxygen atoms in total. The zero-order chi connectivity index (χ0) is 43.2. The van der Waals surface area contributed by atoms with Crippen LogP contribution in [0, 0.1) is 13.8 Å². The van der Waals surface area contributed by atoms with Crippen molar-refractivity contribution < 1.29 is 39.5 Å². The fraction of sp³-hybridized carbons (Fsp3) is 0.235. The topological polar surface area (TPSA) is 276 Å². The van der Waals surface area contributed by atoms with E-state index in [0.717, 1.165) is 37.3 Å². The fourth-order valence-electron chi connectivity index (χ4n) is 3.78. The Hall–Kier alpha value is -3.61. The highest BCUT2D eigenvalue weighted by atomic mass is 35.5. The van der Waals surface area contributed by atoms with Gasteiger partial charge in [0.05, 0.1) is 43.5 Å². The van der Waals surface area contributed by atoms with Crippen molar-refractivity contribution in [2.45, 2.75) is 28.5 Å². The molecule has 0 aliphatic rings. The monoisotopic (exact) mass is 925 g/mol. The van der Waals surface area contributed by atoms with Crippen LogP contribution < -0.4 is 26.8 Å². The first kappa shape index (κ1) is 51.4. The first-order chi connectivity index (χ1) is 26.5. The summed E-state index contributed by atoms with van der Waals surface area (Å²) >= 11 is 19.2. The standard InChI is InChI=1S/C12H9Cl2NO3S.C8H20N6S2.2C7H8O3S/c13-10-6-8(7-11(14)12(10)16)15-19(17,18)9-4-2-1-3-5-9;9-7(15)13-5-3-11-1-2-12-4-6-14-8(10)16;2*1-6-2-4-7(5-3-6)11(8,9)10/h1-7,15-16H;11-12H,1-6H2,(H3,9,13,15)(H3,10,14,16);2*2-5H,1H3,(H,8,9,10). The summed E-state index contributed by atoms with van der Waals surface area (Å²) in [6.45, 7) is 8.33. The number of aryl methyl sites for hydroxylation is 2. The minimum absolute atomic E-state index is 0.0294. The Morgan fingerprint density at radius 3 is 1.33 bits per heavy atom. The van der Waals surface area contributed by atoms with Gasteiger partial charge in [0.1, 0.15) is 0 Å². The molecule has 0 aliphatic carbocycles. The van der Waals surface area contributed by atoms with Gasteiger partial charge in [0.15, 0.2) is 16.1 Å². The van der Waals surface area contributed by atoms with E-state index in [-0.39, 0.29) is 36.2 Å². The van der Waals surface area contributed by atoms with Gasteiger partial charge >= 0.3 is 0 Å². The van der Waals surface area contributed by atoms with E-state index in [9.17, 15) is 30.4 Å². The molecule has 0 radical (unpaired) electrons. The van der Waals surface area contributed by atoms with Crippen LogP contribution in [0.1, 0.15) is 11.1 Å². The summed E-state index contributed by atoms with van der Waals surface area (Å²) in [5, 5.41) is 16.4. The first-order valence-electron chi connectivity index (χ1n) is 16.3. The third-order valence-electron chi connectivity index (χ3n) is 6.56. The van der Waals surface area contributed by atoms with Crippen molar-refractivity contribution in [3.63, 3.8) is 0 Å². The minimum Gasteiger partial charge on any atom is -0.505 e. The second-order valence-corrected chi connectivity index (χ2v) is 17.5. The number of phenolic OH excluding ortho intramolecular Hbond substituents is 1. The van der Waals surface area contributed by atoms with Crippen molar-refractivity contribution >= 4 is 94.7 Å². The molecule has 0 saturated heterocycles. The van der Waals surface area contributed by atoms with E-state index in [2.05, 4.69) is 50.6 Å². The fourth-order valence-corrected chi connectivity index (χ4v) is 6.49. The summed E-state index contributed by atoms with van der Waals surface area (Å²) in [5.74, 6) is -0.286. The van der Waals surface area contributed by atoms with Gasteiger partial charge in [-0.3, -0.25) is 23.8 Å². The van der Waals surface area contributed by atoms with Crippen LogP contribution in [-0.4, -0.2) is 89.1 Å². The van der Waals surface area contributed by atoms with E-state index in [1.165, 1.54) is 48.5 Å². The van der Waals surface area contributed by atoms with Gasteiger partial charge in [0.25, 0.3) is 30.3 Å². The highest BCUT2D eigenvalue weighted by molar-refractivity contribution is 7.97. The van der Waals surface area contributed by atoms with Crippen molar-refractivity contribution in [3.8, 4) is 5.75 Å². The van der Waals surface area contributed by atoms with Crippen LogP contribution in [0.25, 0.3) is 0 Å². The van der Waals surface area contributed by atoms with E-state index in [4.69, 9.17) is 43.8 Å². The Morgan fingerprint density at radius 2 is 1.00 bits per heavy atom. The lowest BCUT2D eigenvalue weighted by molar-refractivity contribution is 0.475. The predicted octanol–water partition coefficient (Wildman–Crippen LogP) is 4.64. The number of phenols is 1. The quantitative estimate of drug-likeness (QED) is 0.0207. The van der Waals surface area contributed by atoms with E-state index in [1.54, 1.807) is 42.5 Å². The van der Waals surface area contributed by atoms with Gasteiger partial charge in [-0.15, -0.1) is 25.3 Å². The van der Waals surface area contributed by atoms with Gasteiger partial charge < -0.3 is 27.2 Å². The van der Waals surface area contributed by atoms with Gasteiger partial charge in [0.2, 0.25) is 0 Å². The van der Waals surface area contributed by atoms with Crippen molar-refractivity contribution in [2.75, 3.05) is 44.0 Å². The number of hydrogen-bond donors (Lipinski definition) is 10. The third-order valence-corrected chi connectivity index (χ3v) is 10.6. The van der Waals surface area contributed by atoms with Crippen molar-refractivity contribution in [2.24, 2.45) is 21.5 Å². The first-order valence-corrected chi connectivity index (χ1v) is 22.3. The molecule has 10 N–H and O–H groups in total. The molecule has 0 atom stereocenters. The van der Waals surface area contributed by atoms with Crippen LogP contribution in [0.3, 0.4) is 0 Å². The van der Waals surface area contributed by atoms with Gasteiger partial charge in [-0.2, -0.15) is 16.8 Å². The summed E-state index contributed by atoms with van der Waals surface area (Å²) in [6.07, 6.45) is 0. The van der Waals surface area contributed by atoms with Crippen LogP contribution in [0.4, 0.5) is 5.69 Å². The van der Waals surface area contributed by atoms with Crippen LogP contribution in [-0.2, 0) is 30.3 Å². The summed E-state index contributed by atoms with van der Waals surface area (Å²) in [5.41, 5.74) is 12.6. The largest absolute Gasteiger partial charge is 0.505 e. The number of anilines is 1. The van der Waals surface area contributed by atoms with Gasteiger partial charge in [-0.1, -0.05) is 76.8 Å². The normalized spacial score (nSPS) is 11.9. The number of hydrogen-bond acceptors (Lipinski definition) is 11. The van der Waals surface area contributed by atoms with E-state index in [0.29, 0.717) is 23.4 Å². The maximum atomic E-state index is 12.0. The van der Waals surface area contributed by atoms with Crippen LogP contribution in [0.15, 0.2) is 116 Å². The Kier molecular flexibility index (Phi) is 23.2. The smallest absolute Gasteiger partial charge is 0.294 e. The van der Waals surface area contributed by atoms with Gasteiger partial charge in [-0.05, 0) is 62.4 Å². The number of thiol groups is 2. The molecule has 0 saturated carbocycles. The summed E-state index contributed by atoms with van der Waals surface area (Å²) in [4.78, 5) is 7.84. The summed E-state index contributed by atoms with van der Waals surface area (Å²) in [7, 11) is -11.7. The number of nitrogens with zero attached hydrogens (tertiary/aromatic N) is 2. The molecule has 0 spiro atoms. The van der Waals surface area contributed by atoms with E-state index in [1.807, 2.05) is 13.8 Å². The average Bonchev–Trinajstić information content (AvgIpc) is 3.12. The molecule has 57 heavy (non-hydrogen) atoms. The third kappa shape index (κ3) is 22.8. The molecule has 0 fully saturated rings. The SMILES string of the molecule is Cc1ccc(S(=O)(=O)O)cc1.Cc1ccc(S(=O)(=O)O)cc1.NC(S)=NCCNCCNCCN=C(N)S.O=S(=O)(Nc1cc(Cl)c(O)c(Cl)c1)c1ccccc1. The highest BCUT2D eigenvalue weighted by Gasteiger charge is 2.15. The maximum Gasteiger partial charge on any atom is 0.294 e. The zero-order valence-electron chi connectivity index (χ0n) is 30.6. The Bertz CT molecular complexity index is 2110. The molecule has 0 aliphatic heterocycles. The molecule has 314 valence electrons. The Labute approximate surface area is 354 Å². The molecule has 4 rings (SSSR count). The van der Waals surface area contributed by atoms with Crippen molar-refractivity contribution in [3.05, 3.63) is 112 Å². The molecule has 23 heteroatoms. The molecule has 0 unspecified atom stereocenters. The number of aliphatic imine (C=N–C) groups is 2. The Balaban J connectivity index is 0.000000391. The number of nitrogens with one attached hydrogen (secondary N) is 3.